The van der Waals surface area contributed by atoms with E-state index in [1.54, 1.807) is 4.57 Å². The second-order valence-electron chi connectivity index (χ2n) is 7.62. The zero-order chi connectivity index (χ0) is 20.8. The van der Waals surface area contributed by atoms with Crippen molar-refractivity contribution in [3.63, 3.8) is 0 Å². The molecule has 3 aromatic rings. The molecule has 7 nitrogen and oxygen atoms in total. The molecule has 0 saturated carbocycles. The molecule has 8 heteroatoms. The number of nitrogens with zero attached hydrogens (tertiary/aromatic N) is 1. The summed E-state index contributed by atoms with van der Waals surface area (Å²) in [7, 11) is 0. The van der Waals surface area contributed by atoms with E-state index < -0.39 is 24.5 Å². The summed E-state index contributed by atoms with van der Waals surface area (Å²) in [4.78, 5) is 0. The number of aromatic nitrogens is 1. The minimum Gasteiger partial charge on any atom is -0.486 e. The van der Waals surface area contributed by atoms with E-state index in [4.69, 9.17) is 25.8 Å². The van der Waals surface area contributed by atoms with Crippen LogP contribution in [0.25, 0.3) is 10.9 Å². The first kappa shape index (κ1) is 19.7. The van der Waals surface area contributed by atoms with E-state index >= 15 is 0 Å². The molecule has 1 aromatic heterocycles. The smallest absolute Gasteiger partial charge is 0.162 e. The van der Waals surface area contributed by atoms with Crippen LogP contribution < -0.4 is 9.47 Å². The number of hydrogen-bond acceptors (Lipinski definition) is 6. The fourth-order valence-electron chi connectivity index (χ4n) is 4.15. The minimum atomic E-state index is -1.29. The Morgan fingerprint density at radius 2 is 1.80 bits per heavy atom. The van der Waals surface area contributed by atoms with E-state index in [9.17, 15) is 15.3 Å². The standard InChI is InChI=1S/C22H22ClNO6/c23-14-2-1-3-15-19(14)13(8-12-4-5-17-18(9-12)29-7-6-28-17)10-24(15)22-21(27)20(26)16(25)11-30-22/h1-5,9-10,16,20-22,25-27H,6-8,11H2/t16-,20+,21-,22-/m1/s1. The van der Waals surface area contributed by atoms with Crippen LogP contribution in [-0.4, -0.2) is 58.0 Å². The Hall–Kier alpha value is -2.29. The molecular weight excluding hydrogens is 410 g/mol. The number of rotatable bonds is 3. The van der Waals surface area contributed by atoms with Gasteiger partial charge < -0.3 is 34.1 Å². The summed E-state index contributed by atoms with van der Waals surface area (Å²) in [6.45, 7) is 0.993. The van der Waals surface area contributed by atoms with Crippen molar-refractivity contribution < 1.29 is 29.5 Å². The van der Waals surface area contributed by atoms with Crippen molar-refractivity contribution in [2.24, 2.45) is 0 Å². The molecule has 3 heterocycles. The topological polar surface area (TPSA) is 93.3 Å². The Bertz CT molecular complexity index is 1080. The molecule has 0 radical (unpaired) electrons. The molecule has 0 bridgehead atoms. The molecule has 4 atom stereocenters. The molecule has 0 spiro atoms. The maximum atomic E-state index is 10.5. The van der Waals surface area contributed by atoms with Gasteiger partial charge in [0.1, 0.15) is 31.5 Å². The first-order valence-electron chi connectivity index (χ1n) is 9.85. The van der Waals surface area contributed by atoms with E-state index in [-0.39, 0.29) is 6.61 Å². The van der Waals surface area contributed by atoms with Crippen molar-refractivity contribution >= 4 is 22.5 Å². The fourth-order valence-corrected chi connectivity index (χ4v) is 4.44. The van der Waals surface area contributed by atoms with E-state index in [0.29, 0.717) is 24.7 Å². The fraction of sp³-hybridized carbons (Fsp3) is 0.364. The number of benzene rings is 2. The zero-order valence-electron chi connectivity index (χ0n) is 16.1. The van der Waals surface area contributed by atoms with Gasteiger partial charge in [-0.25, -0.2) is 0 Å². The third-order valence-electron chi connectivity index (χ3n) is 5.64. The largest absolute Gasteiger partial charge is 0.486 e. The van der Waals surface area contributed by atoms with Crippen LogP contribution in [0.4, 0.5) is 0 Å². The number of hydrogen-bond donors (Lipinski definition) is 3. The van der Waals surface area contributed by atoms with Crippen LogP contribution in [0.5, 0.6) is 11.5 Å². The summed E-state index contributed by atoms with van der Waals surface area (Å²) in [6.07, 6.45) is -2.06. The summed E-state index contributed by atoms with van der Waals surface area (Å²) in [6, 6.07) is 11.4. The highest BCUT2D eigenvalue weighted by Gasteiger charge is 2.39. The van der Waals surface area contributed by atoms with Gasteiger partial charge in [0, 0.05) is 11.6 Å². The van der Waals surface area contributed by atoms with Crippen LogP contribution in [-0.2, 0) is 11.2 Å². The van der Waals surface area contributed by atoms with Gasteiger partial charge in [0.05, 0.1) is 17.1 Å². The summed E-state index contributed by atoms with van der Waals surface area (Å²) in [5, 5.41) is 31.8. The monoisotopic (exact) mass is 431 g/mol. The van der Waals surface area contributed by atoms with Crippen molar-refractivity contribution in [2.75, 3.05) is 19.8 Å². The van der Waals surface area contributed by atoms with Gasteiger partial charge in [0.2, 0.25) is 0 Å². The highest BCUT2D eigenvalue weighted by molar-refractivity contribution is 6.35. The number of fused-ring (bicyclic) bond motifs is 2. The highest BCUT2D eigenvalue weighted by Crippen LogP contribution is 2.37. The quantitative estimate of drug-likeness (QED) is 0.589. The lowest BCUT2D eigenvalue weighted by Crippen LogP contribution is -2.50. The first-order chi connectivity index (χ1) is 14.5. The van der Waals surface area contributed by atoms with Gasteiger partial charge in [-0.3, -0.25) is 0 Å². The average molecular weight is 432 g/mol. The van der Waals surface area contributed by atoms with Crippen LogP contribution in [0.15, 0.2) is 42.6 Å². The number of aliphatic hydroxyl groups is 3. The summed E-state index contributed by atoms with van der Waals surface area (Å²) in [5.74, 6) is 1.45. The Morgan fingerprint density at radius 3 is 2.63 bits per heavy atom. The zero-order valence-corrected chi connectivity index (χ0v) is 16.8. The Balaban J connectivity index is 1.55. The Morgan fingerprint density at radius 1 is 1.00 bits per heavy atom. The Kier molecular flexibility index (Phi) is 5.08. The molecular formula is C22H22ClNO6. The van der Waals surface area contributed by atoms with Crippen molar-refractivity contribution in [3.8, 4) is 11.5 Å². The highest BCUT2D eigenvalue weighted by atomic mass is 35.5. The number of aliphatic hydroxyl groups excluding tert-OH is 3. The normalized spacial score (nSPS) is 26.1. The molecule has 3 N–H and O–H groups in total. The molecule has 0 amide bonds. The summed E-state index contributed by atoms with van der Waals surface area (Å²) < 4.78 is 18.7. The lowest BCUT2D eigenvalue weighted by molar-refractivity contribution is -0.209. The van der Waals surface area contributed by atoms with E-state index in [2.05, 4.69) is 0 Å². The second kappa shape index (κ2) is 7.76. The van der Waals surface area contributed by atoms with Crippen LogP contribution in [0.3, 0.4) is 0 Å². The number of halogens is 1. The average Bonchev–Trinajstić information content (AvgIpc) is 3.11. The molecule has 2 aromatic carbocycles. The maximum absolute atomic E-state index is 10.5. The first-order valence-corrected chi connectivity index (χ1v) is 10.2. The van der Waals surface area contributed by atoms with Gasteiger partial charge in [-0.1, -0.05) is 23.7 Å². The van der Waals surface area contributed by atoms with Gasteiger partial charge in [-0.15, -0.1) is 0 Å². The van der Waals surface area contributed by atoms with Crippen LogP contribution in [0.2, 0.25) is 5.02 Å². The lowest BCUT2D eigenvalue weighted by Gasteiger charge is -2.36. The molecule has 0 aliphatic carbocycles. The van der Waals surface area contributed by atoms with Crippen LogP contribution >= 0.6 is 11.6 Å². The molecule has 30 heavy (non-hydrogen) atoms. The van der Waals surface area contributed by atoms with Crippen molar-refractivity contribution in [2.45, 2.75) is 31.0 Å². The van der Waals surface area contributed by atoms with E-state index in [1.807, 2.05) is 42.6 Å². The predicted octanol–water partition coefficient (Wildman–Crippen LogP) is 2.27. The summed E-state index contributed by atoms with van der Waals surface area (Å²) >= 11 is 6.53. The van der Waals surface area contributed by atoms with Crippen molar-refractivity contribution in [3.05, 3.63) is 58.7 Å². The minimum absolute atomic E-state index is 0.0688. The second-order valence-corrected chi connectivity index (χ2v) is 8.03. The molecule has 158 valence electrons. The van der Waals surface area contributed by atoms with Gasteiger partial charge in [0.25, 0.3) is 0 Å². The van der Waals surface area contributed by atoms with Crippen molar-refractivity contribution in [1.82, 2.24) is 4.57 Å². The van der Waals surface area contributed by atoms with Gasteiger partial charge >= 0.3 is 0 Å². The van der Waals surface area contributed by atoms with E-state index in [0.717, 1.165) is 33.5 Å². The van der Waals surface area contributed by atoms with Gasteiger partial charge in [-0.2, -0.15) is 0 Å². The van der Waals surface area contributed by atoms with Gasteiger partial charge in [0.15, 0.2) is 17.7 Å². The Labute approximate surface area is 178 Å². The SMILES string of the molecule is O[C@@H]1[C@@H](O)[C@H](n2cc(Cc3ccc4c(c3)OCCO4)c3c(Cl)cccc32)OC[C@H]1O. The van der Waals surface area contributed by atoms with Crippen molar-refractivity contribution in [1.29, 1.82) is 0 Å². The third-order valence-corrected chi connectivity index (χ3v) is 5.95. The molecule has 1 fully saturated rings. The molecule has 2 aliphatic rings. The molecule has 2 aliphatic heterocycles. The third kappa shape index (κ3) is 3.33. The maximum Gasteiger partial charge on any atom is 0.162 e. The molecule has 5 rings (SSSR count). The van der Waals surface area contributed by atoms with E-state index in [1.165, 1.54) is 0 Å². The lowest BCUT2D eigenvalue weighted by atomic mass is 10.0. The summed E-state index contributed by atoms with van der Waals surface area (Å²) in [5.41, 5.74) is 2.75. The molecule has 0 unspecified atom stereocenters. The predicted molar refractivity (Wildman–Crippen MR) is 110 cm³/mol. The van der Waals surface area contributed by atoms with Gasteiger partial charge in [-0.05, 0) is 41.8 Å². The van der Waals surface area contributed by atoms with Crippen LogP contribution in [0.1, 0.15) is 17.4 Å². The van der Waals surface area contributed by atoms with Crippen LogP contribution in [0, 0.1) is 0 Å². The number of ether oxygens (including phenoxy) is 3. The molecule has 1 saturated heterocycles.